The molecule has 0 aromatic heterocycles. The molecule has 2 fully saturated rings. The largest absolute Gasteiger partial charge is 0.508 e. The molecular weight excluding hydrogens is 238 g/mol. The van der Waals surface area contributed by atoms with E-state index in [2.05, 4.69) is 4.90 Å². The van der Waals surface area contributed by atoms with Gasteiger partial charge in [0, 0.05) is 12.6 Å². The van der Waals surface area contributed by atoms with Crippen LogP contribution >= 0.6 is 0 Å². The first-order valence-corrected chi connectivity index (χ1v) is 7.31. The van der Waals surface area contributed by atoms with E-state index >= 15 is 0 Å². The standard InChI is InChI=1S/C16H21NO2/c18-14-7-1-4-12(10-14)11-16(19)17-9-3-6-13-5-2-8-15(13)17/h1,4,7,10,13,15,18H,2-3,5-6,8-9,11H2. The Morgan fingerprint density at radius 1 is 1.26 bits per heavy atom. The second kappa shape index (κ2) is 5.24. The maximum absolute atomic E-state index is 12.5. The molecule has 0 spiro atoms. The summed E-state index contributed by atoms with van der Waals surface area (Å²) in [6.45, 7) is 0.915. The summed E-state index contributed by atoms with van der Waals surface area (Å²) in [5.74, 6) is 1.20. The maximum atomic E-state index is 12.5. The van der Waals surface area contributed by atoms with Gasteiger partial charge in [-0.15, -0.1) is 0 Å². The van der Waals surface area contributed by atoms with Gasteiger partial charge in [-0.1, -0.05) is 18.6 Å². The average molecular weight is 259 g/mol. The lowest BCUT2D eigenvalue weighted by atomic mass is 9.91. The molecule has 1 saturated heterocycles. The number of nitrogens with zero attached hydrogens (tertiary/aromatic N) is 1. The molecule has 1 amide bonds. The van der Waals surface area contributed by atoms with E-state index in [0.717, 1.165) is 24.4 Å². The van der Waals surface area contributed by atoms with E-state index in [1.54, 1.807) is 18.2 Å². The van der Waals surface area contributed by atoms with E-state index in [1.165, 1.54) is 25.7 Å². The number of phenols is 1. The molecule has 0 radical (unpaired) electrons. The number of aromatic hydroxyl groups is 1. The van der Waals surface area contributed by atoms with Crippen molar-refractivity contribution in [3.8, 4) is 5.75 Å². The summed E-state index contributed by atoms with van der Waals surface area (Å²) in [7, 11) is 0. The molecular formula is C16H21NO2. The molecule has 1 saturated carbocycles. The molecule has 3 nitrogen and oxygen atoms in total. The van der Waals surface area contributed by atoms with Gasteiger partial charge in [-0.25, -0.2) is 0 Å². The Bertz CT molecular complexity index is 472. The predicted molar refractivity (Wildman–Crippen MR) is 73.9 cm³/mol. The number of carbonyl (C=O) groups excluding carboxylic acids is 1. The SMILES string of the molecule is O=C(Cc1cccc(O)c1)N1CCCC2CCCC21. The van der Waals surface area contributed by atoms with E-state index in [0.29, 0.717) is 12.5 Å². The number of hydrogen-bond acceptors (Lipinski definition) is 2. The number of fused-ring (bicyclic) bond motifs is 1. The number of amides is 1. The lowest BCUT2D eigenvalue weighted by Crippen LogP contribution is -2.46. The minimum Gasteiger partial charge on any atom is -0.508 e. The normalized spacial score (nSPS) is 26.2. The fourth-order valence-electron chi connectivity index (χ4n) is 3.71. The van der Waals surface area contributed by atoms with Crippen LogP contribution in [0.4, 0.5) is 0 Å². The molecule has 19 heavy (non-hydrogen) atoms. The monoisotopic (exact) mass is 259 g/mol. The Labute approximate surface area is 114 Å². The van der Waals surface area contributed by atoms with Crippen LogP contribution in [0.1, 0.15) is 37.7 Å². The quantitative estimate of drug-likeness (QED) is 0.887. The van der Waals surface area contributed by atoms with Crippen molar-refractivity contribution < 1.29 is 9.90 Å². The molecule has 3 heteroatoms. The van der Waals surface area contributed by atoms with E-state index in [9.17, 15) is 9.90 Å². The fourth-order valence-corrected chi connectivity index (χ4v) is 3.71. The highest BCUT2D eigenvalue weighted by Crippen LogP contribution is 2.37. The average Bonchev–Trinajstić information content (AvgIpc) is 2.86. The van der Waals surface area contributed by atoms with E-state index in [1.807, 2.05) is 6.07 Å². The lowest BCUT2D eigenvalue weighted by molar-refractivity contribution is -0.135. The molecule has 1 aliphatic heterocycles. The number of phenolic OH excluding ortho intramolecular Hbond substituents is 1. The number of hydrogen-bond donors (Lipinski definition) is 1. The van der Waals surface area contributed by atoms with Crippen molar-refractivity contribution in [3.05, 3.63) is 29.8 Å². The third-order valence-corrected chi connectivity index (χ3v) is 4.58. The predicted octanol–water partition coefficient (Wildman–Crippen LogP) is 2.73. The maximum Gasteiger partial charge on any atom is 0.227 e. The third-order valence-electron chi connectivity index (χ3n) is 4.58. The van der Waals surface area contributed by atoms with Crippen molar-refractivity contribution in [2.45, 2.75) is 44.6 Å². The van der Waals surface area contributed by atoms with Crippen LogP contribution in [0.3, 0.4) is 0 Å². The van der Waals surface area contributed by atoms with Crippen LogP contribution in [0, 0.1) is 5.92 Å². The fraction of sp³-hybridized carbons (Fsp3) is 0.562. The van der Waals surface area contributed by atoms with Gasteiger partial charge >= 0.3 is 0 Å². The van der Waals surface area contributed by atoms with Gasteiger partial charge in [-0.2, -0.15) is 0 Å². The van der Waals surface area contributed by atoms with E-state index in [4.69, 9.17) is 0 Å². The molecule has 1 aromatic rings. The van der Waals surface area contributed by atoms with Crippen LogP contribution in [0.25, 0.3) is 0 Å². The second-order valence-corrected chi connectivity index (χ2v) is 5.83. The summed E-state index contributed by atoms with van der Waals surface area (Å²) < 4.78 is 0. The highest BCUT2D eigenvalue weighted by Gasteiger charge is 2.36. The summed E-state index contributed by atoms with van der Waals surface area (Å²) in [6.07, 6.45) is 6.59. The van der Waals surface area contributed by atoms with Crippen LogP contribution < -0.4 is 0 Å². The zero-order chi connectivity index (χ0) is 13.2. The molecule has 1 heterocycles. The van der Waals surface area contributed by atoms with E-state index in [-0.39, 0.29) is 11.7 Å². The lowest BCUT2D eigenvalue weighted by Gasteiger charge is -2.38. The Morgan fingerprint density at radius 2 is 2.11 bits per heavy atom. The Hall–Kier alpha value is -1.51. The first kappa shape index (κ1) is 12.5. The molecule has 102 valence electrons. The van der Waals surface area contributed by atoms with Crippen molar-refractivity contribution >= 4 is 5.91 Å². The van der Waals surface area contributed by atoms with Crippen molar-refractivity contribution in [1.82, 2.24) is 4.90 Å². The summed E-state index contributed by atoms with van der Waals surface area (Å²) >= 11 is 0. The Kier molecular flexibility index (Phi) is 3.45. The summed E-state index contributed by atoms with van der Waals surface area (Å²) in [4.78, 5) is 14.6. The summed E-state index contributed by atoms with van der Waals surface area (Å²) in [5.41, 5.74) is 0.908. The van der Waals surface area contributed by atoms with Crippen LogP contribution in [-0.4, -0.2) is 28.5 Å². The molecule has 2 atom stereocenters. The van der Waals surface area contributed by atoms with Crippen LogP contribution in [0.15, 0.2) is 24.3 Å². The van der Waals surface area contributed by atoms with Gasteiger partial charge in [0.1, 0.15) is 5.75 Å². The van der Waals surface area contributed by atoms with Gasteiger partial charge in [0.05, 0.1) is 6.42 Å². The Balaban J connectivity index is 1.69. The minimum atomic E-state index is 0.224. The third kappa shape index (κ3) is 2.60. The van der Waals surface area contributed by atoms with Gasteiger partial charge in [0.15, 0.2) is 0 Å². The number of likely N-dealkylation sites (tertiary alicyclic amines) is 1. The van der Waals surface area contributed by atoms with Crippen molar-refractivity contribution in [1.29, 1.82) is 0 Å². The molecule has 2 aliphatic rings. The number of piperidine rings is 1. The van der Waals surface area contributed by atoms with Crippen molar-refractivity contribution in [2.75, 3.05) is 6.54 Å². The minimum absolute atomic E-state index is 0.224. The molecule has 1 N–H and O–H groups in total. The van der Waals surface area contributed by atoms with Gasteiger partial charge in [0.25, 0.3) is 0 Å². The molecule has 2 unspecified atom stereocenters. The van der Waals surface area contributed by atoms with Crippen LogP contribution in [0.2, 0.25) is 0 Å². The smallest absolute Gasteiger partial charge is 0.227 e. The highest BCUT2D eigenvalue weighted by atomic mass is 16.3. The van der Waals surface area contributed by atoms with E-state index < -0.39 is 0 Å². The molecule has 1 aromatic carbocycles. The molecule has 0 bridgehead atoms. The van der Waals surface area contributed by atoms with Gasteiger partial charge in [-0.05, 0) is 49.3 Å². The summed E-state index contributed by atoms with van der Waals surface area (Å²) in [5, 5.41) is 9.46. The zero-order valence-electron chi connectivity index (χ0n) is 11.2. The molecule has 1 aliphatic carbocycles. The van der Waals surface area contributed by atoms with Gasteiger partial charge < -0.3 is 10.0 Å². The highest BCUT2D eigenvalue weighted by molar-refractivity contribution is 5.79. The van der Waals surface area contributed by atoms with Crippen molar-refractivity contribution in [2.24, 2.45) is 5.92 Å². The number of rotatable bonds is 2. The van der Waals surface area contributed by atoms with Crippen LogP contribution in [-0.2, 0) is 11.2 Å². The van der Waals surface area contributed by atoms with Crippen molar-refractivity contribution in [3.63, 3.8) is 0 Å². The number of benzene rings is 1. The zero-order valence-corrected chi connectivity index (χ0v) is 11.2. The number of carbonyl (C=O) groups is 1. The Morgan fingerprint density at radius 3 is 2.95 bits per heavy atom. The first-order chi connectivity index (χ1) is 9.24. The topological polar surface area (TPSA) is 40.5 Å². The molecule has 3 rings (SSSR count). The second-order valence-electron chi connectivity index (χ2n) is 5.83. The first-order valence-electron chi connectivity index (χ1n) is 7.31. The van der Waals surface area contributed by atoms with Gasteiger partial charge in [-0.3, -0.25) is 4.79 Å². The summed E-state index contributed by atoms with van der Waals surface area (Å²) in [6, 6.07) is 7.52. The van der Waals surface area contributed by atoms with Gasteiger partial charge in [0.2, 0.25) is 5.91 Å². The van der Waals surface area contributed by atoms with Crippen LogP contribution in [0.5, 0.6) is 5.75 Å².